The van der Waals surface area contributed by atoms with E-state index in [1.54, 1.807) is 7.11 Å². The molecule has 0 N–H and O–H groups in total. The summed E-state index contributed by atoms with van der Waals surface area (Å²) in [7, 11) is 1.68. The summed E-state index contributed by atoms with van der Waals surface area (Å²) in [6.45, 7) is 0. The summed E-state index contributed by atoms with van der Waals surface area (Å²) in [5, 5.41) is 2.67. The van der Waals surface area contributed by atoms with Crippen LogP contribution in [0.2, 0.25) is 0 Å². The second-order valence-corrected chi connectivity index (χ2v) is 5.75. The first-order chi connectivity index (χ1) is 10.8. The highest BCUT2D eigenvalue weighted by atomic mass is 16.5. The van der Waals surface area contributed by atoms with E-state index >= 15 is 0 Å². The highest BCUT2D eigenvalue weighted by Crippen LogP contribution is 2.32. The molecule has 0 amide bonds. The van der Waals surface area contributed by atoms with Crippen LogP contribution < -0.4 is 9.47 Å². The van der Waals surface area contributed by atoms with Gasteiger partial charge in [0.1, 0.15) is 17.6 Å². The summed E-state index contributed by atoms with van der Waals surface area (Å²) >= 11 is 0. The van der Waals surface area contributed by atoms with Crippen LogP contribution in [0.4, 0.5) is 0 Å². The smallest absolute Gasteiger partial charge is 0.120 e. The zero-order valence-electron chi connectivity index (χ0n) is 12.6. The van der Waals surface area contributed by atoms with Crippen LogP contribution in [0, 0.1) is 0 Å². The Kier molecular flexibility index (Phi) is 3.23. The molecule has 1 atom stereocenters. The number of methoxy groups -OCH3 is 1. The lowest BCUT2D eigenvalue weighted by molar-refractivity contribution is 0.214. The van der Waals surface area contributed by atoms with Gasteiger partial charge >= 0.3 is 0 Å². The zero-order valence-corrected chi connectivity index (χ0v) is 12.6. The molecular weight excluding hydrogens is 272 g/mol. The van der Waals surface area contributed by atoms with Gasteiger partial charge in [-0.1, -0.05) is 36.4 Å². The second kappa shape index (κ2) is 5.38. The molecule has 1 aliphatic rings. The summed E-state index contributed by atoms with van der Waals surface area (Å²) < 4.78 is 11.3. The van der Waals surface area contributed by atoms with Crippen LogP contribution >= 0.6 is 0 Å². The van der Waals surface area contributed by atoms with E-state index in [0.717, 1.165) is 24.3 Å². The van der Waals surface area contributed by atoms with Crippen molar-refractivity contribution in [1.82, 2.24) is 0 Å². The van der Waals surface area contributed by atoms with Crippen molar-refractivity contribution in [3.63, 3.8) is 0 Å². The Labute approximate surface area is 130 Å². The Morgan fingerprint density at radius 3 is 2.41 bits per heavy atom. The molecule has 0 saturated carbocycles. The molecule has 3 aromatic carbocycles. The maximum atomic E-state index is 6.15. The normalized spacial score (nSPS) is 16.5. The number of fused-ring (bicyclic) bond motifs is 3. The van der Waals surface area contributed by atoms with Crippen molar-refractivity contribution in [3.8, 4) is 11.5 Å². The van der Waals surface area contributed by atoms with Gasteiger partial charge in [0.15, 0.2) is 0 Å². The van der Waals surface area contributed by atoms with Gasteiger partial charge in [0.05, 0.1) is 7.11 Å². The fourth-order valence-corrected chi connectivity index (χ4v) is 3.29. The Balaban J connectivity index is 1.57. The SMILES string of the molecule is COc1ccc(O[C@@H]2Cc3ccc4ccccc4c3C2)cc1. The molecule has 0 aliphatic heterocycles. The van der Waals surface area contributed by atoms with Crippen molar-refractivity contribution in [2.45, 2.75) is 18.9 Å². The van der Waals surface area contributed by atoms with E-state index in [2.05, 4.69) is 36.4 Å². The molecule has 0 saturated heterocycles. The molecule has 0 bridgehead atoms. The number of rotatable bonds is 3. The van der Waals surface area contributed by atoms with Crippen molar-refractivity contribution >= 4 is 10.8 Å². The van der Waals surface area contributed by atoms with E-state index in [1.165, 1.54) is 21.9 Å². The van der Waals surface area contributed by atoms with E-state index in [-0.39, 0.29) is 6.10 Å². The van der Waals surface area contributed by atoms with Crippen LogP contribution in [0.25, 0.3) is 10.8 Å². The van der Waals surface area contributed by atoms with Crippen molar-refractivity contribution < 1.29 is 9.47 Å². The van der Waals surface area contributed by atoms with Gasteiger partial charge in [-0.25, -0.2) is 0 Å². The molecular formula is C20H18O2. The van der Waals surface area contributed by atoms with Crippen molar-refractivity contribution in [2.24, 2.45) is 0 Å². The minimum Gasteiger partial charge on any atom is -0.497 e. The minimum absolute atomic E-state index is 0.217. The first kappa shape index (κ1) is 13.2. The Morgan fingerprint density at radius 2 is 1.59 bits per heavy atom. The minimum atomic E-state index is 0.217. The third-order valence-corrected chi connectivity index (χ3v) is 4.38. The summed E-state index contributed by atoms with van der Waals surface area (Å²) in [5.41, 5.74) is 2.86. The van der Waals surface area contributed by atoms with Crippen LogP contribution in [0.5, 0.6) is 11.5 Å². The van der Waals surface area contributed by atoms with Gasteiger partial charge in [-0.2, -0.15) is 0 Å². The third kappa shape index (κ3) is 2.31. The topological polar surface area (TPSA) is 18.5 Å². The van der Waals surface area contributed by atoms with E-state index in [1.807, 2.05) is 24.3 Å². The van der Waals surface area contributed by atoms with Crippen LogP contribution in [0.15, 0.2) is 60.7 Å². The van der Waals surface area contributed by atoms with Gasteiger partial charge in [0.2, 0.25) is 0 Å². The molecule has 0 unspecified atom stereocenters. The Bertz CT molecular complexity index is 806. The predicted octanol–water partition coefficient (Wildman–Crippen LogP) is 4.39. The molecule has 0 spiro atoms. The summed E-state index contributed by atoms with van der Waals surface area (Å²) in [6.07, 6.45) is 2.17. The van der Waals surface area contributed by atoms with Gasteiger partial charge in [0.25, 0.3) is 0 Å². The molecule has 3 aromatic rings. The number of hydrogen-bond acceptors (Lipinski definition) is 2. The maximum Gasteiger partial charge on any atom is 0.120 e. The van der Waals surface area contributed by atoms with Crippen LogP contribution in [0.1, 0.15) is 11.1 Å². The standard InChI is InChI=1S/C20H18O2/c1-21-16-8-10-17(11-9-16)22-18-12-15-7-6-14-4-2-3-5-19(14)20(15)13-18/h2-11,18H,12-13H2,1H3/t18-/m1/s1. The lowest BCUT2D eigenvalue weighted by Crippen LogP contribution is -2.16. The molecule has 0 radical (unpaired) electrons. The largest absolute Gasteiger partial charge is 0.497 e. The lowest BCUT2D eigenvalue weighted by Gasteiger charge is -2.13. The molecule has 0 heterocycles. The third-order valence-electron chi connectivity index (χ3n) is 4.38. The van der Waals surface area contributed by atoms with E-state index in [9.17, 15) is 0 Å². The van der Waals surface area contributed by atoms with Crippen molar-refractivity contribution in [1.29, 1.82) is 0 Å². The molecule has 2 nitrogen and oxygen atoms in total. The summed E-state index contributed by atoms with van der Waals surface area (Å²) in [4.78, 5) is 0. The van der Waals surface area contributed by atoms with E-state index < -0.39 is 0 Å². The fourth-order valence-electron chi connectivity index (χ4n) is 3.29. The first-order valence-electron chi connectivity index (χ1n) is 7.64. The number of ether oxygens (including phenoxy) is 2. The Hall–Kier alpha value is -2.48. The molecule has 22 heavy (non-hydrogen) atoms. The average molecular weight is 290 g/mol. The molecule has 2 heteroatoms. The van der Waals surface area contributed by atoms with Crippen molar-refractivity contribution in [3.05, 3.63) is 71.8 Å². The van der Waals surface area contributed by atoms with Gasteiger partial charge in [-0.05, 0) is 46.2 Å². The van der Waals surface area contributed by atoms with Gasteiger partial charge in [-0.15, -0.1) is 0 Å². The van der Waals surface area contributed by atoms with Gasteiger partial charge in [-0.3, -0.25) is 0 Å². The molecule has 0 fully saturated rings. The number of hydrogen-bond donors (Lipinski definition) is 0. The fraction of sp³-hybridized carbons (Fsp3) is 0.200. The van der Waals surface area contributed by atoms with Gasteiger partial charge < -0.3 is 9.47 Å². The highest BCUT2D eigenvalue weighted by Gasteiger charge is 2.24. The van der Waals surface area contributed by atoms with Crippen LogP contribution in [-0.2, 0) is 12.8 Å². The summed E-state index contributed by atoms with van der Waals surface area (Å²) in [5.74, 6) is 1.76. The second-order valence-electron chi connectivity index (χ2n) is 5.75. The maximum absolute atomic E-state index is 6.15. The summed E-state index contributed by atoms with van der Waals surface area (Å²) in [6, 6.07) is 20.9. The monoisotopic (exact) mass is 290 g/mol. The van der Waals surface area contributed by atoms with Crippen molar-refractivity contribution in [2.75, 3.05) is 7.11 Å². The van der Waals surface area contributed by atoms with E-state index in [4.69, 9.17) is 9.47 Å². The van der Waals surface area contributed by atoms with Crippen LogP contribution in [-0.4, -0.2) is 13.2 Å². The quantitative estimate of drug-likeness (QED) is 0.712. The highest BCUT2D eigenvalue weighted by molar-refractivity contribution is 5.87. The first-order valence-corrected chi connectivity index (χ1v) is 7.64. The van der Waals surface area contributed by atoms with Gasteiger partial charge in [0, 0.05) is 12.8 Å². The molecule has 4 rings (SSSR count). The Morgan fingerprint density at radius 1 is 0.818 bits per heavy atom. The molecule has 110 valence electrons. The number of benzene rings is 3. The van der Waals surface area contributed by atoms with Crippen LogP contribution in [0.3, 0.4) is 0 Å². The lowest BCUT2D eigenvalue weighted by atomic mass is 10.0. The predicted molar refractivity (Wildman–Crippen MR) is 88.8 cm³/mol. The molecule has 0 aromatic heterocycles. The molecule has 1 aliphatic carbocycles. The average Bonchev–Trinajstić information content (AvgIpc) is 2.98. The van der Waals surface area contributed by atoms with E-state index in [0.29, 0.717) is 0 Å². The zero-order chi connectivity index (χ0) is 14.9.